The number of carbonyl (C=O) groups is 1. The number of thiocarbonyl (C=S) groups is 1. The van der Waals surface area contributed by atoms with Gasteiger partial charge in [0.25, 0.3) is 5.91 Å². The van der Waals surface area contributed by atoms with E-state index in [-0.39, 0.29) is 5.91 Å². The number of ether oxygens (including phenoxy) is 1. The van der Waals surface area contributed by atoms with Crippen LogP contribution >= 0.6 is 12.2 Å². The van der Waals surface area contributed by atoms with E-state index in [9.17, 15) is 9.59 Å². The monoisotopic (exact) mass is 349 g/mol. The molecule has 0 aliphatic heterocycles. The van der Waals surface area contributed by atoms with Gasteiger partial charge in [0.2, 0.25) is 0 Å². The third-order valence-electron chi connectivity index (χ3n) is 3.24. The average molecular weight is 349 g/mol. The first kappa shape index (κ1) is 17.7. The number of rotatable bonds is 4. The molecule has 0 bridgehead atoms. The zero-order chi connectivity index (χ0) is 17.7. The summed E-state index contributed by atoms with van der Waals surface area (Å²) in [5.41, 5.74) is 5.83. The number of hydrogen-bond acceptors (Lipinski definition) is 5. The lowest BCUT2D eigenvalue weighted by Crippen LogP contribution is -2.50. The highest BCUT2D eigenvalue weighted by Gasteiger charge is 2.15. The summed E-state index contributed by atoms with van der Waals surface area (Å²) < 4.78 is 10.7. The van der Waals surface area contributed by atoms with Gasteiger partial charge in [0.05, 0.1) is 0 Å². The molecule has 1 atom stereocenters. The van der Waals surface area contributed by atoms with Gasteiger partial charge in [-0.05, 0) is 50.7 Å². The summed E-state index contributed by atoms with van der Waals surface area (Å²) in [6.07, 6.45) is -0.768. The lowest BCUT2D eigenvalue weighted by molar-refractivity contribution is -0.127. The molecular formula is C16H19N3O4S. The molecule has 0 aliphatic carbocycles. The molecule has 0 spiro atoms. The number of hydrazine groups is 1. The second kappa shape index (κ2) is 7.78. The van der Waals surface area contributed by atoms with E-state index in [0.717, 1.165) is 10.9 Å². The van der Waals surface area contributed by atoms with Crippen LogP contribution in [0.5, 0.6) is 5.75 Å². The third-order valence-corrected chi connectivity index (χ3v) is 3.49. The number of carbonyl (C=O) groups excluding carboxylic acids is 1. The van der Waals surface area contributed by atoms with E-state index in [1.54, 1.807) is 25.1 Å². The molecule has 7 nitrogen and oxygen atoms in total. The van der Waals surface area contributed by atoms with Crippen LogP contribution in [0.4, 0.5) is 0 Å². The number of amides is 1. The Labute approximate surface area is 144 Å². The van der Waals surface area contributed by atoms with E-state index in [0.29, 0.717) is 23.0 Å². The predicted molar refractivity (Wildman–Crippen MR) is 94.9 cm³/mol. The number of nitrogens with one attached hydrogen (secondary N) is 3. The summed E-state index contributed by atoms with van der Waals surface area (Å²) in [6, 6.07) is 6.52. The second-order valence-electron chi connectivity index (χ2n) is 5.14. The highest BCUT2D eigenvalue weighted by atomic mass is 32.1. The quantitative estimate of drug-likeness (QED) is 0.436. The van der Waals surface area contributed by atoms with Crippen molar-refractivity contribution >= 4 is 34.2 Å². The maximum Gasteiger partial charge on any atom is 0.336 e. The first-order valence-corrected chi connectivity index (χ1v) is 7.86. The van der Waals surface area contributed by atoms with Crippen molar-refractivity contribution in [3.05, 3.63) is 40.2 Å². The minimum absolute atomic E-state index is 0.320. The normalized spacial score (nSPS) is 11.6. The van der Waals surface area contributed by atoms with Crippen LogP contribution in [0.2, 0.25) is 0 Å². The zero-order valence-corrected chi connectivity index (χ0v) is 14.5. The minimum atomic E-state index is -0.768. The molecule has 2 rings (SSSR count). The summed E-state index contributed by atoms with van der Waals surface area (Å²) >= 11 is 4.95. The van der Waals surface area contributed by atoms with E-state index >= 15 is 0 Å². The van der Waals surface area contributed by atoms with Crippen LogP contribution in [0, 0.1) is 6.92 Å². The fourth-order valence-corrected chi connectivity index (χ4v) is 2.26. The molecule has 0 saturated carbocycles. The summed E-state index contributed by atoms with van der Waals surface area (Å²) in [4.78, 5) is 23.4. The molecule has 2 aromatic rings. The highest BCUT2D eigenvalue weighted by molar-refractivity contribution is 7.80. The summed E-state index contributed by atoms with van der Waals surface area (Å²) in [6.45, 7) is 5.97. The van der Waals surface area contributed by atoms with E-state index < -0.39 is 11.7 Å². The Morgan fingerprint density at radius 1 is 1.33 bits per heavy atom. The van der Waals surface area contributed by atoms with Crippen molar-refractivity contribution in [2.45, 2.75) is 26.9 Å². The maximum absolute atomic E-state index is 12.0. The number of hydrogen-bond donors (Lipinski definition) is 3. The van der Waals surface area contributed by atoms with Crippen LogP contribution in [-0.4, -0.2) is 23.7 Å². The number of fused-ring (bicyclic) bond motifs is 1. The van der Waals surface area contributed by atoms with Crippen molar-refractivity contribution in [3.63, 3.8) is 0 Å². The Kier molecular flexibility index (Phi) is 5.75. The Bertz CT molecular complexity index is 819. The van der Waals surface area contributed by atoms with Crippen LogP contribution in [0.1, 0.15) is 19.4 Å². The number of aryl methyl sites for hydroxylation is 1. The van der Waals surface area contributed by atoms with Crippen LogP contribution in [0.25, 0.3) is 11.0 Å². The van der Waals surface area contributed by atoms with Crippen molar-refractivity contribution < 1.29 is 13.9 Å². The van der Waals surface area contributed by atoms with E-state index in [1.165, 1.54) is 6.07 Å². The van der Waals surface area contributed by atoms with Crippen LogP contribution < -0.4 is 26.5 Å². The molecule has 0 unspecified atom stereocenters. The van der Waals surface area contributed by atoms with E-state index in [2.05, 4.69) is 16.2 Å². The third kappa shape index (κ3) is 4.45. The fraction of sp³-hybridized carbons (Fsp3) is 0.312. The lowest BCUT2D eigenvalue weighted by Gasteiger charge is -2.16. The van der Waals surface area contributed by atoms with Crippen molar-refractivity contribution in [2.24, 2.45) is 0 Å². The Morgan fingerprint density at radius 2 is 2.08 bits per heavy atom. The van der Waals surface area contributed by atoms with Crippen molar-refractivity contribution in [2.75, 3.05) is 6.54 Å². The minimum Gasteiger partial charge on any atom is -0.481 e. The predicted octanol–water partition coefficient (Wildman–Crippen LogP) is 1.38. The topological polar surface area (TPSA) is 92.6 Å². The first-order valence-electron chi connectivity index (χ1n) is 7.45. The Morgan fingerprint density at radius 3 is 2.79 bits per heavy atom. The summed E-state index contributed by atoms with van der Waals surface area (Å²) in [5.74, 6) is 0.0363. The highest BCUT2D eigenvalue weighted by Crippen LogP contribution is 2.22. The smallest absolute Gasteiger partial charge is 0.336 e. The van der Waals surface area contributed by atoms with Gasteiger partial charge in [0, 0.05) is 24.1 Å². The molecular weight excluding hydrogens is 330 g/mol. The number of benzene rings is 1. The van der Waals surface area contributed by atoms with Crippen molar-refractivity contribution in [1.29, 1.82) is 0 Å². The van der Waals surface area contributed by atoms with Gasteiger partial charge in [-0.25, -0.2) is 4.79 Å². The molecule has 0 radical (unpaired) electrons. The van der Waals surface area contributed by atoms with Crippen molar-refractivity contribution in [3.8, 4) is 5.75 Å². The largest absolute Gasteiger partial charge is 0.481 e. The molecule has 8 heteroatoms. The molecule has 0 aliphatic rings. The van der Waals surface area contributed by atoms with Crippen LogP contribution in [-0.2, 0) is 4.79 Å². The van der Waals surface area contributed by atoms with Crippen LogP contribution in [0.15, 0.2) is 33.5 Å². The van der Waals surface area contributed by atoms with Gasteiger partial charge in [-0.1, -0.05) is 0 Å². The SMILES string of the molecule is CCNC(=S)NNC(=O)[C@@H](C)Oc1ccc2c(C)cc(=O)oc2c1. The summed E-state index contributed by atoms with van der Waals surface area (Å²) in [7, 11) is 0. The van der Waals surface area contributed by atoms with Gasteiger partial charge in [-0.3, -0.25) is 15.6 Å². The Hall–Kier alpha value is -2.61. The molecule has 1 aromatic carbocycles. The molecule has 0 fully saturated rings. The van der Waals surface area contributed by atoms with E-state index in [4.69, 9.17) is 21.4 Å². The summed E-state index contributed by atoms with van der Waals surface area (Å²) in [5, 5.41) is 3.98. The lowest BCUT2D eigenvalue weighted by atomic mass is 10.1. The molecule has 1 aromatic heterocycles. The van der Waals surface area contributed by atoms with Gasteiger partial charge < -0.3 is 14.5 Å². The molecule has 3 N–H and O–H groups in total. The molecule has 0 saturated heterocycles. The van der Waals surface area contributed by atoms with Gasteiger partial charge in [0.15, 0.2) is 11.2 Å². The average Bonchev–Trinajstić information content (AvgIpc) is 2.52. The fourth-order valence-electron chi connectivity index (χ4n) is 2.06. The second-order valence-corrected chi connectivity index (χ2v) is 5.55. The molecule has 1 amide bonds. The van der Waals surface area contributed by atoms with Gasteiger partial charge in [0.1, 0.15) is 11.3 Å². The standard InChI is InChI=1S/C16H19N3O4S/c1-4-17-16(24)19-18-15(21)10(3)22-11-5-6-12-9(2)7-14(20)23-13(12)8-11/h5-8,10H,4H2,1-3H3,(H,18,21)(H2,17,19,24)/t10-/m1/s1. The van der Waals surface area contributed by atoms with Crippen molar-refractivity contribution in [1.82, 2.24) is 16.2 Å². The van der Waals surface area contributed by atoms with E-state index in [1.807, 2.05) is 13.8 Å². The molecule has 128 valence electrons. The first-order chi connectivity index (χ1) is 11.4. The van der Waals surface area contributed by atoms with Gasteiger partial charge in [-0.15, -0.1) is 0 Å². The molecule has 24 heavy (non-hydrogen) atoms. The van der Waals surface area contributed by atoms with Gasteiger partial charge in [-0.2, -0.15) is 0 Å². The maximum atomic E-state index is 12.0. The van der Waals surface area contributed by atoms with Gasteiger partial charge >= 0.3 is 5.63 Å². The Balaban J connectivity index is 2.04. The zero-order valence-electron chi connectivity index (χ0n) is 13.6. The molecule has 1 heterocycles. The van der Waals surface area contributed by atoms with Crippen LogP contribution in [0.3, 0.4) is 0 Å².